The Hall–Kier alpha value is -0.860. The average Bonchev–Trinajstić information content (AvgIpc) is 2.47. The van der Waals surface area contributed by atoms with Gasteiger partial charge in [-0.3, -0.25) is 4.90 Å². The van der Waals surface area contributed by atoms with Crippen LogP contribution in [0.5, 0.6) is 0 Å². The molecule has 1 aliphatic rings. The number of rotatable bonds is 6. The lowest BCUT2D eigenvalue weighted by Crippen LogP contribution is -2.33. The van der Waals surface area contributed by atoms with Crippen molar-refractivity contribution < 1.29 is 0 Å². The van der Waals surface area contributed by atoms with E-state index in [1.54, 1.807) is 0 Å². The second-order valence-electron chi connectivity index (χ2n) is 5.75. The van der Waals surface area contributed by atoms with E-state index in [0.29, 0.717) is 0 Å². The molecule has 0 spiro atoms. The van der Waals surface area contributed by atoms with Gasteiger partial charge in [-0.15, -0.1) is 0 Å². The molecule has 0 unspecified atom stereocenters. The van der Waals surface area contributed by atoms with Crippen LogP contribution < -0.4 is 5.32 Å². The second-order valence-corrected chi connectivity index (χ2v) is 5.75. The summed E-state index contributed by atoms with van der Waals surface area (Å²) in [6, 6.07) is 8.93. The lowest BCUT2D eigenvalue weighted by atomic mass is 9.94. The van der Waals surface area contributed by atoms with Crippen molar-refractivity contribution >= 4 is 0 Å². The Kier molecular flexibility index (Phi) is 5.87. The third-order valence-corrected chi connectivity index (χ3v) is 4.44. The van der Waals surface area contributed by atoms with Gasteiger partial charge in [0.1, 0.15) is 0 Å². The Morgan fingerprint density at radius 1 is 1.16 bits per heavy atom. The van der Waals surface area contributed by atoms with Crippen molar-refractivity contribution in [2.75, 3.05) is 26.7 Å². The zero-order valence-electron chi connectivity index (χ0n) is 12.5. The third-order valence-electron chi connectivity index (χ3n) is 4.44. The summed E-state index contributed by atoms with van der Waals surface area (Å²) in [5, 5.41) is 3.25. The van der Waals surface area contributed by atoms with Gasteiger partial charge in [0, 0.05) is 6.54 Å². The Balaban J connectivity index is 1.91. The first kappa shape index (κ1) is 14.5. The predicted octanol–water partition coefficient (Wildman–Crippen LogP) is 3.07. The molecule has 0 amide bonds. The van der Waals surface area contributed by atoms with Crippen LogP contribution in [0.3, 0.4) is 0 Å². The van der Waals surface area contributed by atoms with Gasteiger partial charge in [0.05, 0.1) is 0 Å². The molecule has 0 atom stereocenters. The highest BCUT2D eigenvalue weighted by Crippen LogP contribution is 2.22. The van der Waals surface area contributed by atoms with Gasteiger partial charge in [-0.25, -0.2) is 0 Å². The van der Waals surface area contributed by atoms with E-state index in [9.17, 15) is 0 Å². The molecule has 0 bridgehead atoms. The normalized spacial score (nSPS) is 17.8. The molecule has 1 N–H and O–H groups in total. The molecule has 19 heavy (non-hydrogen) atoms. The number of likely N-dealkylation sites (tertiary alicyclic amines) is 1. The van der Waals surface area contributed by atoms with Gasteiger partial charge in [0.25, 0.3) is 0 Å². The molecular weight excluding hydrogens is 232 g/mol. The smallest absolute Gasteiger partial charge is 0.0236 e. The maximum atomic E-state index is 3.25. The number of hydrogen-bond acceptors (Lipinski definition) is 2. The lowest BCUT2D eigenvalue weighted by Gasteiger charge is -2.32. The maximum Gasteiger partial charge on any atom is 0.0236 e. The second kappa shape index (κ2) is 7.66. The van der Waals surface area contributed by atoms with Gasteiger partial charge in [0.2, 0.25) is 0 Å². The minimum atomic E-state index is 0.968. The van der Waals surface area contributed by atoms with Crippen LogP contribution in [0.25, 0.3) is 0 Å². The van der Waals surface area contributed by atoms with Crippen molar-refractivity contribution in [1.29, 1.82) is 0 Å². The molecule has 1 aromatic carbocycles. The van der Waals surface area contributed by atoms with Gasteiger partial charge >= 0.3 is 0 Å². The minimum absolute atomic E-state index is 0.968. The van der Waals surface area contributed by atoms with Crippen LogP contribution in [0.4, 0.5) is 0 Å². The van der Waals surface area contributed by atoms with Crippen LogP contribution in [0, 0.1) is 5.92 Å². The topological polar surface area (TPSA) is 15.3 Å². The van der Waals surface area contributed by atoms with E-state index in [4.69, 9.17) is 0 Å². The number of piperidine rings is 1. The van der Waals surface area contributed by atoms with Crippen LogP contribution in [0.1, 0.15) is 37.3 Å². The van der Waals surface area contributed by atoms with E-state index in [1.165, 1.54) is 43.5 Å². The first-order valence-corrected chi connectivity index (χ1v) is 7.77. The number of benzene rings is 1. The number of nitrogens with one attached hydrogen (secondary N) is 1. The zero-order chi connectivity index (χ0) is 13.5. The van der Waals surface area contributed by atoms with Crippen LogP contribution >= 0.6 is 0 Å². The molecular formula is C17H28N2. The van der Waals surface area contributed by atoms with Gasteiger partial charge in [0.15, 0.2) is 0 Å². The molecule has 1 heterocycles. The zero-order valence-corrected chi connectivity index (χ0v) is 12.5. The fourth-order valence-corrected chi connectivity index (χ4v) is 3.01. The van der Waals surface area contributed by atoms with Crippen molar-refractivity contribution in [3.63, 3.8) is 0 Å². The van der Waals surface area contributed by atoms with Crippen LogP contribution in [-0.4, -0.2) is 31.6 Å². The van der Waals surface area contributed by atoms with E-state index in [2.05, 4.69) is 41.4 Å². The molecule has 2 nitrogen and oxygen atoms in total. The summed E-state index contributed by atoms with van der Waals surface area (Å²) in [5.41, 5.74) is 3.03. The van der Waals surface area contributed by atoms with E-state index in [1.807, 2.05) is 7.05 Å². The van der Waals surface area contributed by atoms with Crippen molar-refractivity contribution in [3.05, 3.63) is 35.4 Å². The van der Waals surface area contributed by atoms with Crippen molar-refractivity contribution in [2.45, 2.75) is 39.2 Å². The molecule has 1 aliphatic heterocycles. The quantitative estimate of drug-likeness (QED) is 0.845. The third kappa shape index (κ3) is 4.32. The molecule has 2 rings (SSSR count). The highest BCUT2D eigenvalue weighted by molar-refractivity contribution is 5.27. The Morgan fingerprint density at radius 2 is 1.84 bits per heavy atom. The molecule has 1 fully saturated rings. The molecule has 1 saturated heterocycles. The van der Waals surface area contributed by atoms with Crippen LogP contribution in [0.2, 0.25) is 0 Å². The first-order chi connectivity index (χ1) is 9.33. The SMILES string of the molecule is CCC1CCN(Cc2ccccc2CCNC)CC1. The number of nitrogens with zero attached hydrogens (tertiary/aromatic N) is 1. The lowest BCUT2D eigenvalue weighted by molar-refractivity contribution is 0.174. The van der Waals surface area contributed by atoms with Crippen molar-refractivity contribution in [2.24, 2.45) is 5.92 Å². The fourth-order valence-electron chi connectivity index (χ4n) is 3.01. The first-order valence-electron chi connectivity index (χ1n) is 7.77. The van der Waals surface area contributed by atoms with Crippen molar-refractivity contribution in [1.82, 2.24) is 10.2 Å². The van der Waals surface area contributed by atoms with Gasteiger partial charge in [-0.2, -0.15) is 0 Å². The van der Waals surface area contributed by atoms with Gasteiger partial charge in [-0.05, 0) is 63.0 Å². The molecule has 0 aromatic heterocycles. The Morgan fingerprint density at radius 3 is 2.47 bits per heavy atom. The number of likely N-dealkylation sites (N-methyl/N-ethyl adjacent to an activating group) is 1. The monoisotopic (exact) mass is 260 g/mol. The fraction of sp³-hybridized carbons (Fsp3) is 0.647. The minimum Gasteiger partial charge on any atom is -0.319 e. The standard InChI is InChI=1S/C17H28N2/c1-3-15-9-12-19(13-10-15)14-17-7-5-4-6-16(17)8-11-18-2/h4-7,15,18H,3,8-14H2,1-2H3. The highest BCUT2D eigenvalue weighted by atomic mass is 15.1. The summed E-state index contributed by atoms with van der Waals surface area (Å²) in [6.07, 6.45) is 5.26. The molecule has 106 valence electrons. The molecule has 2 heteroatoms. The van der Waals surface area contributed by atoms with Crippen molar-refractivity contribution in [3.8, 4) is 0 Å². The van der Waals surface area contributed by atoms with Crippen LogP contribution in [-0.2, 0) is 13.0 Å². The molecule has 0 aliphatic carbocycles. The van der Waals surface area contributed by atoms with Gasteiger partial charge in [-0.1, -0.05) is 37.6 Å². The van der Waals surface area contributed by atoms with E-state index >= 15 is 0 Å². The summed E-state index contributed by atoms with van der Waals surface area (Å²) in [7, 11) is 2.03. The largest absolute Gasteiger partial charge is 0.319 e. The molecule has 1 aromatic rings. The summed E-state index contributed by atoms with van der Waals surface area (Å²) < 4.78 is 0. The Labute approximate surface area is 118 Å². The Bertz CT molecular complexity index is 367. The summed E-state index contributed by atoms with van der Waals surface area (Å²) in [5.74, 6) is 0.968. The highest BCUT2D eigenvalue weighted by Gasteiger charge is 2.18. The number of hydrogen-bond donors (Lipinski definition) is 1. The maximum absolute atomic E-state index is 3.25. The van der Waals surface area contributed by atoms with Crippen LogP contribution in [0.15, 0.2) is 24.3 Å². The van der Waals surface area contributed by atoms with E-state index < -0.39 is 0 Å². The summed E-state index contributed by atoms with van der Waals surface area (Å²) >= 11 is 0. The predicted molar refractivity (Wildman–Crippen MR) is 82.4 cm³/mol. The van der Waals surface area contributed by atoms with E-state index in [-0.39, 0.29) is 0 Å². The molecule has 0 radical (unpaired) electrons. The average molecular weight is 260 g/mol. The molecule has 0 saturated carbocycles. The summed E-state index contributed by atoms with van der Waals surface area (Å²) in [6.45, 7) is 7.08. The van der Waals surface area contributed by atoms with E-state index in [0.717, 1.165) is 25.4 Å². The summed E-state index contributed by atoms with van der Waals surface area (Å²) in [4.78, 5) is 2.63. The van der Waals surface area contributed by atoms with Gasteiger partial charge < -0.3 is 5.32 Å².